The van der Waals surface area contributed by atoms with Gasteiger partial charge in [-0.2, -0.15) is 0 Å². The lowest BCUT2D eigenvalue weighted by Gasteiger charge is -2.16. The molecule has 0 aliphatic rings. The number of hydrogen-bond donors (Lipinski definition) is 3. The summed E-state index contributed by atoms with van der Waals surface area (Å²) in [5.74, 6) is -1.65. The molecule has 0 spiro atoms. The van der Waals surface area contributed by atoms with Crippen molar-refractivity contribution in [3.05, 3.63) is 83.9 Å². The molecule has 1 atom stereocenters. The molecule has 0 aliphatic heterocycles. The molecule has 2 aromatic carbocycles. The van der Waals surface area contributed by atoms with Crippen LogP contribution in [0.15, 0.2) is 67.0 Å². The summed E-state index contributed by atoms with van der Waals surface area (Å²) in [7, 11) is 1.73. The van der Waals surface area contributed by atoms with E-state index in [9.17, 15) is 19.5 Å². The summed E-state index contributed by atoms with van der Waals surface area (Å²) in [6.07, 6.45) is 3.62. The Balaban J connectivity index is 1.57. The number of aliphatic hydroxyl groups excluding tert-OH is 1. The molecule has 30 heavy (non-hydrogen) atoms. The van der Waals surface area contributed by atoms with Gasteiger partial charge in [-0.05, 0) is 36.2 Å². The zero-order chi connectivity index (χ0) is 21.5. The van der Waals surface area contributed by atoms with Gasteiger partial charge in [-0.1, -0.05) is 30.3 Å². The zero-order valence-corrected chi connectivity index (χ0v) is 16.4. The molecular weight excluding hydrogens is 384 g/mol. The summed E-state index contributed by atoms with van der Waals surface area (Å²) >= 11 is 0. The van der Waals surface area contributed by atoms with Crippen molar-refractivity contribution in [2.75, 3.05) is 11.9 Å². The first-order chi connectivity index (χ1) is 14.5. The van der Waals surface area contributed by atoms with E-state index in [-0.39, 0.29) is 12.4 Å². The third kappa shape index (κ3) is 5.18. The lowest BCUT2D eigenvalue weighted by molar-refractivity contribution is -0.136. The van der Waals surface area contributed by atoms with Crippen LogP contribution in [0.2, 0.25) is 0 Å². The number of carbonyl (C=O) groups is 3. The first-order valence-electron chi connectivity index (χ1n) is 9.36. The van der Waals surface area contributed by atoms with Crippen molar-refractivity contribution in [3.8, 4) is 0 Å². The monoisotopic (exact) mass is 406 g/mol. The number of benzene rings is 2. The zero-order valence-electron chi connectivity index (χ0n) is 16.4. The van der Waals surface area contributed by atoms with Crippen LogP contribution in [0.25, 0.3) is 0 Å². The van der Waals surface area contributed by atoms with Gasteiger partial charge >= 0.3 is 11.8 Å². The number of nitrogens with one attached hydrogen (secondary N) is 2. The number of ketones is 1. The Morgan fingerprint density at radius 3 is 2.33 bits per heavy atom. The van der Waals surface area contributed by atoms with E-state index in [0.717, 1.165) is 5.56 Å². The third-order valence-corrected chi connectivity index (χ3v) is 4.52. The first-order valence-corrected chi connectivity index (χ1v) is 9.36. The number of nitrogens with zero attached hydrogens (tertiary/aromatic N) is 2. The molecule has 0 saturated heterocycles. The Morgan fingerprint density at radius 2 is 1.73 bits per heavy atom. The molecule has 0 saturated carbocycles. The van der Waals surface area contributed by atoms with Crippen LogP contribution >= 0.6 is 0 Å². The fourth-order valence-electron chi connectivity index (χ4n) is 2.92. The van der Waals surface area contributed by atoms with Crippen LogP contribution in [0.4, 0.5) is 5.69 Å². The van der Waals surface area contributed by atoms with Gasteiger partial charge in [0.25, 0.3) is 0 Å². The number of carbonyl (C=O) groups excluding carboxylic acids is 3. The van der Waals surface area contributed by atoms with E-state index in [4.69, 9.17) is 0 Å². The predicted octanol–water partition coefficient (Wildman–Crippen LogP) is 1.31. The van der Waals surface area contributed by atoms with Crippen molar-refractivity contribution in [2.24, 2.45) is 7.05 Å². The largest absolute Gasteiger partial charge is 0.394 e. The molecule has 3 aromatic rings. The highest BCUT2D eigenvalue weighted by Gasteiger charge is 2.19. The second-order valence-corrected chi connectivity index (χ2v) is 6.77. The van der Waals surface area contributed by atoms with Crippen LogP contribution in [0.5, 0.6) is 0 Å². The van der Waals surface area contributed by atoms with Gasteiger partial charge in [0.2, 0.25) is 5.78 Å². The van der Waals surface area contributed by atoms with E-state index in [1.807, 2.05) is 30.3 Å². The molecule has 2 amide bonds. The molecule has 154 valence electrons. The van der Waals surface area contributed by atoms with Gasteiger partial charge < -0.3 is 20.3 Å². The summed E-state index contributed by atoms with van der Waals surface area (Å²) in [5.41, 5.74) is 1.72. The van der Waals surface area contributed by atoms with Gasteiger partial charge in [0.15, 0.2) is 5.82 Å². The second-order valence-electron chi connectivity index (χ2n) is 6.77. The molecule has 0 unspecified atom stereocenters. The van der Waals surface area contributed by atoms with Gasteiger partial charge in [-0.3, -0.25) is 14.4 Å². The van der Waals surface area contributed by atoms with Crippen LogP contribution in [0.1, 0.15) is 21.7 Å². The number of anilines is 1. The number of rotatable bonds is 7. The summed E-state index contributed by atoms with van der Waals surface area (Å²) < 4.78 is 1.62. The van der Waals surface area contributed by atoms with E-state index in [0.29, 0.717) is 23.5 Å². The second kappa shape index (κ2) is 9.62. The number of imidazole rings is 1. The fraction of sp³-hybridized carbons (Fsp3) is 0.182. The minimum atomic E-state index is -0.857. The number of amides is 2. The van der Waals surface area contributed by atoms with Crippen LogP contribution in [-0.4, -0.2) is 44.9 Å². The van der Waals surface area contributed by atoms with E-state index in [2.05, 4.69) is 15.6 Å². The quantitative estimate of drug-likeness (QED) is 0.404. The highest BCUT2D eigenvalue weighted by atomic mass is 16.3. The van der Waals surface area contributed by atoms with Crippen molar-refractivity contribution in [1.29, 1.82) is 0 Å². The predicted molar refractivity (Wildman–Crippen MR) is 111 cm³/mol. The highest BCUT2D eigenvalue weighted by molar-refractivity contribution is 6.39. The molecule has 1 aromatic heterocycles. The number of aryl methyl sites for hydroxylation is 1. The van der Waals surface area contributed by atoms with Gasteiger partial charge in [0.05, 0.1) is 12.6 Å². The highest BCUT2D eigenvalue weighted by Crippen LogP contribution is 2.13. The molecule has 8 nitrogen and oxygen atoms in total. The van der Waals surface area contributed by atoms with Crippen LogP contribution < -0.4 is 10.6 Å². The van der Waals surface area contributed by atoms with Crippen molar-refractivity contribution in [1.82, 2.24) is 14.9 Å². The van der Waals surface area contributed by atoms with Gasteiger partial charge in [-0.25, -0.2) is 4.98 Å². The Bertz CT molecular complexity index is 1030. The standard InChI is InChI=1S/C22H22N4O4/c1-26-12-11-23-20(26)19(28)16-7-9-17(10-8-16)24-21(29)22(30)25-18(14-27)13-15-5-3-2-4-6-15/h2-12,18,27H,13-14H2,1H3,(H,24,29)(H,25,30)/t18-/m1/s1. The lowest BCUT2D eigenvalue weighted by Crippen LogP contribution is -2.44. The van der Waals surface area contributed by atoms with Crippen molar-refractivity contribution < 1.29 is 19.5 Å². The minimum absolute atomic E-state index is 0.246. The molecule has 0 bridgehead atoms. The maximum Gasteiger partial charge on any atom is 0.313 e. The van der Waals surface area contributed by atoms with E-state index in [1.165, 1.54) is 18.3 Å². The first kappa shape index (κ1) is 20.9. The average molecular weight is 406 g/mol. The third-order valence-electron chi connectivity index (χ3n) is 4.52. The van der Waals surface area contributed by atoms with Crippen molar-refractivity contribution in [3.63, 3.8) is 0 Å². The van der Waals surface area contributed by atoms with Gasteiger partial charge in [-0.15, -0.1) is 0 Å². The summed E-state index contributed by atoms with van der Waals surface area (Å²) in [6, 6.07) is 14.9. The van der Waals surface area contributed by atoms with Crippen LogP contribution in [0.3, 0.4) is 0 Å². The smallest absolute Gasteiger partial charge is 0.313 e. The van der Waals surface area contributed by atoms with Crippen molar-refractivity contribution in [2.45, 2.75) is 12.5 Å². The summed E-state index contributed by atoms with van der Waals surface area (Å²) in [4.78, 5) is 40.8. The SMILES string of the molecule is Cn1ccnc1C(=O)c1ccc(NC(=O)C(=O)N[C@@H](CO)Cc2ccccc2)cc1. The maximum absolute atomic E-state index is 12.4. The Morgan fingerprint density at radius 1 is 1.03 bits per heavy atom. The molecule has 0 radical (unpaired) electrons. The van der Waals surface area contributed by atoms with Gasteiger partial charge in [0.1, 0.15) is 0 Å². The number of aliphatic hydroxyl groups is 1. The summed E-state index contributed by atoms with van der Waals surface area (Å²) in [6.45, 7) is -0.294. The summed E-state index contributed by atoms with van der Waals surface area (Å²) in [5, 5.41) is 14.5. The molecule has 3 N–H and O–H groups in total. The van der Waals surface area contributed by atoms with Crippen LogP contribution in [0, 0.1) is 0 Å². The fourth-order valence-corrected chi connectivity index (χ4v) is 2.92. The van der Waals surface area contributed by atoms with Crippen molar-refractivity contribution >= 4 is 23.3 Å². The Kier molecular flexibility index (Phi) is 6.71. The molecule has 1 heterocycles. The minimum Gasteiger partial charge on any atom is -0.394 e. The average Bonchev–Trinajstić information content (AvgIpc) is 3.19. The molecule has 8 heteroatoms. The Labute approximate surface area is 173 Å². The number of hydrogen-bond acceptors (Lipinski definition) is 5. The maximum atomic E-state index is 12.4. The Hall–Kier alpha value is -3.78. The molecule has 0 fully saturated rings. The molecular formula is C22H22N4O4. The molecule has 0 aliphatic carbocycles. The van der Waals surface area contributed by atoms with Gasteiger partial charge in [0, 0.05) is 30.7 Å². The molecule has 3 rings (SSSR count). The van der Waals surface area contributed by atoms with E-state index >= 15 is 0 Å². The van der Waals surface area contributed by atoms with E-state index < -0.39 is 17.9 Å². The topological polar surface area (TPSA) is 113 Å². The van der Waals surface area contributed by atoms with E-state index in [1.54, 1.807) is 29.9 Å². The normalized spacial score (nSPS) is 11.5. The van der Waals surface area contributed by atoms with Crippen LogP contribution in [-0.2, 0) is 23.1 Å². The lowest BCUT2D eigenvalue weighted by atomic mass is 10.1. The number of aromatic nitrogens is 2.